The first-order chi connectivity index (χ1) is 16.3. The molecule has 1 amide bonds. The first-order valence-corrected chi connectivity index (χ1v) is 11.3. The molecule has 2 aromatic heterocycles. The SMILES string of the molecule is COc1cc(C(=O)N2CCN(C)CC2)c(F)cc1Nc1ncc(Cl)c(-c2ccn(C(C)C)n2)n1. The van der Waals surface area contributed by atoms with Crippen LogP contribution in [-0.4, -0.2) is 75.8 Å². The number of carbonyl (C=O) groups excluding carboxylic acids is 1. The number of amides is 1. The Morgan fingerprint density at radius 2 is 1.97 bits per heavy atom. The molecular weight excluding hydrogens is 461 g/mol. The van der Waals surface area contributed by atoms with E-state index in [0.717, 1.165) is 13.1 Å². The van der Waals surface area contributed by atoms with Crippen molar-refractivity contribution in [2.45, 2.75) is 19.9 Å². The zero-order valence-electron chi connectivity index (χ0n) is 19.5. The van der Waals surface area contributed by atoms with Gasteiger partial charge in [-0.2, -0.15) is 5.10 Å². The molecule has 0 aliphatic carbocycles. The minimum Gasteiger partial charge on any atom is -0.495 e. The Morgan fingerprint density at radius 1 is 1.24 bits per heavy atom. The second-order valence-corrected chi connectivity index (χ2v) is 8.82. The van der Waals surface area contributed by atoms with Crippen LogP contribution < -0.4 is 10.1 Å². The summed E-state index contributed by atoms with van der Waals surface area (Å²) in [5.74, 6) is -0.532. The average Bonchev–Trinajstić information content (AvgIpc) is 3.31. The summed E-state index contributed by atoms with van der Waals surface area (Å²) in [6, 6.07) is 4.62. The van der Waals surface area contributed by atoms with Crippen molar-refractivity contribution in [3.63, 3.8) is 0 Å². The fourth-order valence-corrected chi connectivity index (χ4v) is 3.83. The lowest BCUT2D eigenvalue weighted by Gasteiger charge is -2.32. The van der Waals surface area contributed by atoms with Gasteiger partial charge in [-0.3, -0.25) is 9.48 Å². The standard InChI is InChI=1S/C23H27ClFN7O2/c1-14(2)32-6-5-18(29-32)21-16(24)13-26-23(28-21)27-19-12-17(25)15(11-20(19)34-4)22(33)31-9-7-30(3)8-10-31/h5-6,11-14H,7-10H2,1-4H3,(H,26,27,28). The number of anilines is 2. The van der Waals surface area contributed by atoms with Crippen molar-refractivity contribution >= 4 is 29.1 Å². The second kappa shape index (κ2) is 9.94. The lowest BCUT2D eigenvalue weighted by molar-refractivity contribution is 0.0659. The summed E-state index contributed by atoms with van der Waals surface area (Å²) >= 11 is 6.31. The summed E-state index contributed by atoms with van der Waals surface area (Å²) in [7, 11) is 3.45. The second-order valence-electron chi connectivity index (χ2n) is 8.42. The molecule has 11 heteroatoms. The number of benzene rings is 1. The molecule has 0 saturated carbocycles. The number of nitrogens with one attached hydrogen (secondary N) is 1. The lowest BCUT2D eigenvalue weighted by atomic mass is 10.1. The normalized spacial score (nSPS) is 14.5. The van der Waals surface area contributed by atoms with Crippen LogP contribution in [0.4, 0.5) is 16.0 Å². The zero-order chi connectivity index (χ0) is 24.4. The quantitative estimate of drug-likeness (QED) is 0.565. The van der Waals surface area contributed by atoms with Crippen LogP contribution in [0.3, 0.4) is 0 Å². The minimum atomic E-state index is -0.655. The molecule has 3 heterocycles. The highest BCUT2D eigenvalue weighted by Crippen LogP contribution is 2.32. The van der Waals surface area contributed by atoms with Crippen molar-refractivity contribution in [3.05, 3.63) is 47.0 Å². The fourth-order valence-electron chi connectivity index (χ4n) is 3.64. The molecule has 1 N–H and O–H groups in total. The van der Waals surface area contributed by atoms with Gasteiger partial charge in [-0.15, -0.1) is 0 Å². The molecule has 180 valence electrons. The van der Waals surface area contributed by atoms with Crippen molar-refractivity contribution in [1.82, 2.24) is 29.5 Å². The van der Waals surface area contributed by atoms with Crippen molar-refractivity contribution in [1.29, 1.82) is 0 Å². The topological polar surface area (TPSA) is 88.4 Å². The van der Waals surface area contributed by atoms with Gasteiger partial charge in [-0.1, -0.05) is 11.6 Å². The summed E-state index contributed by atoms with van der Waals surface area (Å²) in [5, 5.41) is 7.81. The third-order valence-corrected chi connectivity index (χ3v) is 5.96. The Balaban J connectivity index is 1.60. The number of methoxy groups -OCH3 is 1. The van der Waals surface area contributed by atoms with E-state index in [1.807, 2.05) is 33.2 Å². The Bertz CT molecular complexity index is 1190. The first-order valence-electron chi connectivity index (χ1n) is 11.0. The van der Waals surface area contributed by atoms with E-state index in [4.69, 9.17) is 16.3 Å². The van der Waals surface area contributed by atoms with Crippen LogP contribution in [-0.2, 0) is 0 Å². The van der Waals surface area contributed by atoms with Crippen molar-refractivity contribution in [2.75, 3.05) is 45.7 Å². The molecule has 1 aromatic carbocycles. The Morgan fingerprint density at radius 3 is 2.62 bits per heavy atom. The van der Waals surface area contributed by atoms with Gasteiger partial charge in [0.25, 0.3) is 5.91 Å². The highest BCUT2D eigenvalue weighted by Gasteiger charge is 2.25. The summed E-state index contributed by atoms with van der Waals surface area (Å²) in [5.41, 5.74) is 1.29. The number of carbonyl (C=O) groups is 1. The van der Waals surface area contributed by atoms with Crippen LogP contribution in [0.5, 0.6) is 5.75 Å². The highest BCUT2D eigenvalue weighted by atomic mass is 35.5. The summed E-state index contributed by atoms with van der Waals surface area (Å²) in [6.07, 6.45) is 3.30. The van der Waals surface area contributed by atoms with Gasteiger partial charge in [-0.25, -0.2) is 14.4 Å². The zero-order valence-corrected chi connectivity index (χ0v) is 20.3. The number of piperazine rings is 1. The van der Waals surface area contributed by atoms with E-state index in [9.17, 15) is 4.79 Å². The predicted octanol–water partition coefficient (Wildman–Crippen LogP) is 3.85. The van der Waals surface area contributed by atoms with E-state index >= 15 is 4.39 Å². The highest BCUT2D eigenvalue weighted by molar-refractivity contribution is 6.32. The molecule has 1 fully saturated rings. The summed E-state index contributed by atoms with van der Waals surface area (Å²) in [6.45, 7) is 6.62. The van der Waals surface area contributed by atoms with Gasteiger partial charge in [0, 0.05) is 44.5 Å². The maximum absolute atomic E-state index is 15.0. The van der Waals surface area contributed by atoms with E-state index in [1.165, 1.54) is 25.4 Å². The molecule has 1 saturated heterocycles. The Kier molecular flexibility index (Phi) is 6.99. The number of ether oxygens (including phenoxy) is 1. The van der Waals surface area contributed by atoms with Gasteiger partial charge in [-0.05, 0) is 33.0 Å². The number of hydrogen-bond donors (Lipinski definition) is 1. The van der Waals surface area contributed by atoms with Crippen molar-refractivity contribution in [3.8, 4) is 17.1 Å². The molecule has 0 unspecified atom stereocenters. The molecule has 0 atom stereocenters. The average molecular weight is 488 g/mol. The van der Waals surface area contributed by atoms with Gasteiger partial charge >= 0.3 is 0 Å². The van der Waals surface area contributed by atoms with Crippen LogP contribution in [0.25, 0.3) is 11.4 Å². The number of rotatable bonds is 6. The molecular formula is C23H27ClFN7O2. The summed E-state index contributed by atoms with van der Waals surface area (Å²) in [4.78, 5) is 25.3. The molecule has 9 nitrogen and oxygen atoms in total. The van der Waals surface area contributed by atoms with Gasteiger partial charge in [0.2, 0.25) is 5.95 Å². The van der Waals surface area contributed by atoms with Crippen LogP contribution in [0.2, 0.25) is 5.02 Å². The van der Waals surface area contributed by atoms with Gasteiger partial charge in [0.05, 0.1) is 29.6 Å². The number of likely N-dealkylation sites (N-methyl/N-ethyl adjacent to an activating group) is 1. The number of halogens is 2. The molecule has 3 aromatic rings. The van der Waals surface area contributed by atoms with E-state index in [2.05, 4.69) is 25.3 Å². The predicted molar refractivity (Wildman–Crippen MR) is 128 cm³/mol. The molecule has 1 aliphatic rings. The molecule has 0 radical (unpaired) electrons. The third-order valence-electron chi connectivity index (χ3n) is 5.68. The van der Waals surface area contributed by atoms with Crippen LogP contribution in [0.15, 0.2) is 30.6 Å². The number of hydrogen-bond acceptors (Lipinski definition) is 7. The van der Waals surface area contributed by atoms with Crippen LogP contribution in [0, 0.1) is 5.82 Å². The maximum Gasteiger partial charge on any atom is 0.257 e. The van der Waals surface area contributed by atoms with Crippen molar-refractivity contribution in [2.24, 2.45) is 0 Å². The molecule has 1 aliphatic heterocycles. The van der Waals surface area contributed by atoms with E-state index < -0.39 is 5.82 Å². The van der Waals surface area contributed by atoms with Crippen LogP contribution >= 0.6 is 11.6 Å². The van der Waals surface area contributed by atoms with Gasteiger partial charge < -0.3 is 19.9 Å². The Hall–Kier alpha value is -3.24. The smallest absolute Gasteiger partial charge is 0.257 e. The number of aromatic nitrogens is 4. The van der Waals surface area contributed by atoms with E-state index in [1.54, 1.807) is 9.58 Å². The van der Waals surface area contributed by atoms with Crippen LogP contribution in [0.1, 0.15) is 30.2 Å². The van der Waals surface area contributed by atoms with Gasteiger partial charge in [0.1, 0.15) is 23.0 Å². The molecule has 4 rings (SSSR count). The molecule has 0 spiro atoms. The number of nitrogens with zero attached hydrogens (tertiary/aromatic N) is 6. The van der Waals surface area contributed by atoms with Gasteiger partial charge in [0.15, 0.2) is 0 Å². The lowest BCUT2D eigenvalue weighted by Crippen LogP contribution is -2.47. The van der Waals surface area contributed by atoms with E-state index in [0.29, 0.717) is 35.2 Å². The largest absolute Gasteiger partial charge is 0.495 e. The van der Waals surface area contributed by atoms with E-state index in [-0.39, 0.29) is 29.1 Å². The molecule has 0 bridgehead atoms. The maximum atomic E-state index is 15.0. The minimum absolute atomic E-state index is 0.0381. The third kappa shape index (κ3) is 4.97. The Labute approximate surface area is 202 Å². The first kappa shape index (κ1) is 23.9. The summed E-state index contributed by atoms with van der Waals surface area (Å²) < 4.78 is 22.2. The monoisotopic (exact) mass is 487 g/mol. The molecule has 34 heavy (non-hydrogen) atoms. The van der Waals surface area contributed by atoms with Crippen molar-refractivity contribution < 1.29 is 13.9 Å². The fraction of sp³-hybridized carbons (Fsp3) is 0.391.